The van der Waals surface area contributed by atoms with Crippen molar-refractivity contribution >= 4 is 40.8 Å². The Hall–Kier alpha value is -1.98. The molecule has 0 aliphatic carbocycles. The number of rotatable bonds is 3. The van der Waals surface area contributed by atoms with Gasteiger partial charge in [0, 0.05) is 10.7 Å². The van der Waals surface area contributed by atoms with Gasteiger partial charge < -0.3 is 5.32 Å². The predicted molar refractivity (Wildman–Crippen MR) is 84.8 cm³/mol. The second-order valence-corrected chi connectivity index (χ2v) is 4.73. The molecule has 6 heteroatoms. The lowest BCUT2D eigenvalue weighted by atomic mass is 10.2. The van der Waals surface area contributed by atoms with Crippen molar-refractivity contribution in [2.45, 2.75) is 0 Å². The third-order valence-electron chi connectivity index (χ3n) is 2.35. The fourth-order valence-corrected chi connectivity index (χ4v) is 1.70. The predicted octanol–water partition coefficient (Wildman–Crippen LogP) is 3.80. The fourth-order valence-electron chi connectivity index (χ4n) is 1.41. The highest BCUT2D eigenvalue weighted by molar-refractivity contribution is 7.80. The number of halogens is 2. The Bertz CT molecular complexity index is 611. The monoisotopic (exact) mass is 307 g/mol. The van der Waals surface area contributed by atoms with Crippen LogP contribution in [0.4, 0.5) is 10.1 Å². The summed E-state index contributed by atoms with van der Waals surface area (Å²) in [6, 6.07) is 13.1. The minimum Gasteiger partial charge on any atom is -0.331 e. The summed E-state index contributed by atoms with van der Waals surface area (Å²) in [4.78, 5) is 0. The van der Waals surface area contributed by atoms with Gasteiger partial charge in [0.2, 0.25) is 0 Å². The van der Waals surface area contributed by atoms with Crippen molar-refractivity contribution in [1.82, 2.24) is 5.43 Å². The molecule has 3 nitrogen and oxygen atoms in total. The van der Waals surface area contributed by atoms with Crippen LogP contribution in [0.5, 0.6) is 0 Å². The molecule has 0 aliphatic heterocycles. The Kier molecular flexibility index (Phi) is 5.03. The molecule has 0 aromatic heterocycles. The number of hydrazone groups is 1. The molecule has 0 unspecified atom stereocenters. The van der Waals surface area contributed by atoms with Gasteiger partial charge in [0.25, 0.3) is 0 Å². The highest BCUT2D eigenvalue weighted by Gasteiger charge is 1.96. The minimum atomic E-state index is -0.282. The first-order chi connectivity index (χ1) is 9.63. The summed E-state index contributed by atoms with van der Waals surface area (Å²) in [5, 5.41) is 7.92. The van der Waals surface area contributed by atoms with E-state index in [9.17, 15) is 4.39 Å². The molecular formula is C14H11ClFN3S. The maximum atomic E-state index is 12.7. The van der Waals surface area contributed by atoms with Crippen LogP contribution in [0.1, 0.15) is 5.56 Å². The van der Waals surface area contributed by atoms with Crippen molar-refractivity contribution in [2.75, 3.05) is 5.32 Å². The highest BCUT2D eigenvalue weighted by atomic mass is 35.5. The van der Waals surface area contributed by atoms with Gasteiger partial charge in [-0.15, -0.1) is 0 Å². The van der Waals surface area contributed by atoms with Crippen LogP contribution in [-0.2, 0) is 0 Å². The molecule has 2 aromatic carbocycles. The van der Waals surface area contributed by atoms with Gasteiger partial charge in [0.15, 0.2) is 5.11 Å². The normalized spacial score (nSPS) is 10.5. The average Bonchev–Trinajstić information content (AvgIpc) is 2.44. The number of hydrogen-bond acceptors (Lipinski definition) is 2. The Morgan fingerprint density at radius 3 is 2.40 bits per heavy atom. The summed E-state index contributed by atoms with van der Waals surface area (Å²) < 4.78 is 12.7. The van der Waals surface area contributed by atoms with Crippen LogP contribution in [-0.4, -0.2) is 11.3 Å². The van der Waals surface area contributed by atoms with Crippen molar-refractivity contribution in [3.05, 3.63) is 64.9 Å². The molecular weight excluding hydrogens is 297 g/mol. The molecule has 2 aromatic rings. The standard InChI is InChI=1S/C14H11ClFN3S/c15-11-3-7-13(8-4-11)18-14(20)19-17-9-10-1-5-12(16)6-2-10/h1-9H,(H2,18,19,20)/b17-9+. The third kappa shape index (κ3) is 4.60. The van der Waals surface area contributed by atoms with E-state index in [1.54, 1.807) is 42.6 Å². The smallest absolute Gasteiger partial charge is 0.191 e. The zero-order valence-electron chi connectivity index (χ0n) is 10.3. The van der Waals surface area contributed by atoms with Crippen molar-refractivity contribution in [2.24, 2.45) is 5.10 Å². The number of hydrogen-bond donors (Lipinski definition) is 2. The summed E-state index contributed by atoms with van der Waals surface area (Å²) in [6.07, 6.45) is 1.55. The van der Waals surface area contributed by atoms with Crippen LogP contribution in [0.15, 0.2) is 53.6 Å². The van der Waals surface area contributed by atoms with Crippen LogP contribution in [0, 0.1) is 5.82 Å². The van der Waals surface area contributed by atoms with E-state index in [-0.39, 0.29) is 5.82 Å². The topological polar surface area (TPSA) is 36.4 Å². The molecule has 0 spiro atoms. The van der Waals surface area contributed by atoms with E-state index >= 15 is 0 Å². The molecule has 0 radical (unpaired) electrons. The van der Waals surface area contributed by atoms with Gasteiger partial charge in [-0.05, 0) is 54.2 Å². The maximum Gasteiger partial charge on any atom is 0.191 e. The van der Waals surface area contributed by atoms with Gasteiger partial charge >= 0.3 is 0 Å². The van der Waals surface area contributed by atoms with Crippen molar-refractivity contribution in [3.8, 4) is 0 Å². The van der Waals surface area contributed by atoms with Gasteiger partial charge in [-0.25, -0.2) is 4.39 Å². The second kappa shape index (κ2) is 6.98. The van der Waals surface area contributed by atoms with Crippen molar-refractivity contribution in [1.29, 1.82) is 0 Å². The second-order valence-electron chi connectivity index (χ2n) is 3.88. The zero-order valence-corrected chi connectivity index (χ0v) is 11.9. The molecule has 0 atom stereocenters. The molecule has 0 amide bonds. The van der Waals surface area contributed by atoms with E-state index in [1.807, 2.05) is 0 Å². The molecule has 2 N–H and O–H groups in total. The number of benzene rings is 2. The summed E-state index contributed by atoms with van der Waals surface area (Å²) in [7, 11) is 0. The largest absolute Gasteiger partial charge is 0.331 e. The molecule has 20 heavy (non-hydrogen) atoms. The summed E-state index contributed by atoms with van der Waals surface area (Å²) in [6.45, 7) is 0. The van der Waals surface area contributed by atoms with Crippen LogP contribution in [0.2, 0.25) is 5.02 Å². The van der Waals surface area contributed by atoms with Crippen LogP contribution in [0.3, 0.4) is 0 Å². The number of nitrogens with zero attached hydrogens (tertiary/aromatic N) is 1. The van der Waals surface area contributed by atoms with Crippen LogP contribution >= 0.6 is 23.8 Å². The quantitative estimate of drug-likeness (QED) is 0.514. The lowest BCUT2D eigenvalue weighted by Gasteiger charge is -2.06. The molecule has 0 saturated heterocycles. The highest BCUT2D eigenvalue weighted by Crippen LogP contribution is 2.13. The Morgan fingerprint density at radius 2 is 1.75 bits per heavy atom. The zero-order chi connectivity index (χ0) is 14.4. The SMILES string of the molecule is Fc1ccc(/C=N/NC(=S)Nc2ccc(Cl)cc2)cc1. The van der Waals surface area contributed by atoms with Gasteiger partial charge in [-0.3, -0.25) is 5.43 Å². The molecule has 2 rings (SSSR count). The Morgan fingerprint density at radius 1 is 1.10 bits per heavy atom. The number of anilines is 1. The van der Waals surface area contributed by atoms with E-state index in [0.29, 0.717) is 10.1 Å². The number of nitrogens with one attached hydrogen (secondary N) is 2. The van der Waals surface area contributed by atoms with E-state index < -0.39 is 0 Å². The van der Waals surface area contributed by atoms with Gasteiger partial charge in [-0.2, -0.15) is 5.10 Å². The molecule has 0 saturated carbocycles. The molecule has 102 valence electrons. The van der Waals surface area contributed by atoms with E-state index in [2.05, 4.69) is 15.8 Å². The average molecular weight is 308 g/mol. The lowest BCUT2D eigenvalue weighted by molar-refractivity contribution is 0.628. The lowest BCUT2D eigenvalue weighted by Crippen LogP contribution is -2.23. The van der Waals surface area contributed by atoms with Gasteiger partial charge in [0.1, 0.15) is 5.82 Å². The van der Waals surface area contributed by atoms with Gasteiger partial charge in [-0.1, -0.05) is 23.7 Å². The van der Waals surface area contributed by atoms with Crippen molar-refractivity contribution < 1.29 is 4.39 Å². The van der Waals surface area contributed by atoms with Crippen LogP contribution in [0.25, 0.3) is 0 Å². The first-order valence-electron chi connectivity index (χ1n) is 5.75. The molecule has 0 heterocycles. The summed E-state index contributed by atoms with van der Waals surface area (Å²) in [5.41, 5.74) is 4.25. The molecule has 0 bridgehead atoms. The van der Waals surface area contributed by atoms with E-state index in [1.165, 1.54) is 12.1 Å². The van der Waals surface area contributed by atoms with Crippen molar-refractivity contribution in [3.63, 3.8) is 0 Å². The molecule has 0 aliphatic rings. The third-order valence-corrected chi connectivity index (χ3v) is 2.80. The first kappa shape index (κ1) is 14.4. The number of thiocarbonyl (C=S) groups is 1. The Labute approximate surface area is 126 Å². The minimum absolute atomic E-state index is 0.282. The first-order valence-corrected chi connectivity index (χ1v) is 6.53. The van der Waals surface area contributed by atoms with E-state index in [0.717, 1.165) is 11.3 Å². The van der Waals surface area contributed by atoms with E-state index in [4.69, 9.17) is 23.8 Å². The summed E-state index contributed by atoms with van der Waals surface area (Å²) in [5.74, 6) is -0.282. The Balaban J connectivity index is 1.85. The molecule has 0 fully saturated rings. The van der Waals surface area contributed by atoms with Gasteiger partial charge in [0.05, 0.1) is 6.21 Å². The van der Waals surface area contributed by atoms with Crippen LogP contribution < -0.4 is 10.7 Å². The maximum absolute atomic E-state index is 12.7. The summed E-state index contributed by atoms with van der Waals surface area (Å²) >= 11 is 10.9. The fraction of sp³-hybridized carbons (Fsp3) is 0.